The third-order valence-electron chi connectivity index (χ3n) is 4.17. The number of rotatable bonds is 7. The first-order valence-corrected chi connectivity index (χ1v) is 10.0. The van der Waals surface area contributed by atoms with Gasteiger partial charge in [0.2, 0.25) is 0 Å². The predicted octanol–water partition coefficient (Wildman–Crippen LogP) is 3.64. The third-order valence-corrected chi connectivity index (χ3v) is 5.57. The van der Waals surface area contributed by atoms with Crippen LogP contribution in [0.25, 0.3) is 0 Å². The van der Waals surface area contributed by atoms with Crippen LogP contribution in [-0.2, 0) is 10.0 Å². The van der Waals surface area contributed by atoms with Crippen molar-refractivity contribution in [3.8, 4) is 5.75 Å². The van der Waals surface area contributed by atoms with E-state index >= 15 is 0 Å². The highest BCUT2D eigenvalue weighted by molar-refractivity contribution is 7.92. The number of sulfonamides is 1. The molecule has 25 heavy (non-hydrogen) atoms. The number of nitrogens with zero attached hydrogens (tertiary/aromatic N) is 1. The summed E-state index contributed by atoms with van der Waals surface area (Å²) in [5.74, 6) is 1.42. The van der Waals surface area contributed by atoms with Crippen LogP contribution in [0.15, 0.2) is 47.5 Å². The van der Waals surface area contributed by atoms with Gasteiger partial charge in [-0.05, 0) is 56.2 Å². The summed E-state index contributed by atoms with van der Waals surface area (Å²) in [5, 5.41) is 3.38. The zero-order valence-corrected chi connectivity index (χ0v) is 15.1. The Morgan fingerprint density at radius 1 is 1.12 bits per heavy atom. The molecule has 1 fully saturated rings. The van der Waals surface area contributed by atoms with Gasteiger partial charge in [-0.2, -0.15) is 0 Å². The number of benzene rings is 1. The van der Waals surface area contributed by atoms with Crippen molar-refractivity contribution in [2.24, 2.45) is 0 Å². The first-order valence-electron chi connectivity index (χ1n) is 8.55. The second-order valence-electron chi connectivity index (χ2n) is 6.07. The van der Waals surface area contributed by atoms with E-state index in [9.17, 15) is 8.42 Å². The molecule has 0 amide bonds. The number of hydrogen-bond donors (Lipinski definition) is 2. The number of aromatic nitrogens is 1. The van der Waals surface area contributed by atoms with Crippen LogP contribution in [0, 0.1) is 0 Å². The monoisotopic (exact) mass is 361 g/mol. The number of ether oxygens (including phenoxy) is 1. The minimum absolute atomic E-state index is 0.184. The summed E-state index contributed by atoms with van der Waals surface area (Å²) in [4.78, 5) is 4.48. The molecule has 6 nitrogen and oxygen atoms in total. The Bertz CT molecular complexity index is 783. The molecule has 2 N–H and O–H groups in total. The lowest BCUT2D eigenvalue weighted by Gasteiger charge is -2.13. The van der Waals surface area contributed by atoms with E-state index in [1.807, 2.05) is 6.92 Å². The lowest BCUT2D eigenvalue weighted by Crippen LogP contribution is -2.16. The van der Waals surface area contributed by atoms with Gasteiger partial charge < -0.3 is 10.1 Å². The van der Waals surface area contributed by atoms with Crippen molar-refractivity contribution in [3.63, 3.8) is 0 Å². The Morgan fingerprint density at radius 3 is 2.44 bits per heavy atom. The lowest BCUT2D eigenvalue weighted by atomic mass is 10.2. The van der Waals surface area contributed by atoms with E-state index in [1.54, 1.807) is 24.3 Å². The molecule has 1 aliphatic rings. The third kappa shape index (κ3) is 4.63. The van der Waals surface area contributed by atoms with Crippen molar-refractivity contribution in [1.29, 1.82) is 0 Å². The fourth-order valence-corrected chi connectivity index (χ4v) is 3.96. The van der Waals surface area contributed by atoms with Gasteiger partial charge in [-0.25, -0.2) is 13.4 Å². The van der Waals surface area contributed by atoms with E-state index in [0.717, 1.165) is 18.7 Å². The summed E-state index contributed by atoms with van der Waals surface area (Å²) >= 11 is 0. The van der Waals surface area contributed by atoms with Gasteiger partial charge in [0.1, 0.15) is 11.6 Å². The Balaban J connectivity index is 1.65. The molecule has 3 rings (SSSR count). The molecule has 0 atom stereocenters. The van der Waals surface area contributed by atoms with Crippen LogP contribution in [0.5, 0.6) is 5.75 Å². The van der Waals surface area contributed by atoms with Gasteiger partial charge >= 0.3 is 0 Å². The van der Waals surface area contributed by atoms with Crippen LogP contribution in [0.1, 0.15) is 32.6 Å². The number of pyridine rings is 1. The molecular formula is C18H23N3O3S. The summed E-state index contributed by atoms with van der Waals surface area (Å²) < 4.78 is 32.8. The zero-order valence-electron chi connectivity index (χ0n) is 14.2. The van der Waals surface area contributed by atoms with Gasteiger partial charge in [-0.1, -0.05) is 12.8 Å². The first kappa shape index (κ1) is 17.5. The van der Waals surface area contributed by atoms with E-state index in [1.165, 1.54) is 31.2 Å². The molecule has 1 aromatic carbocycles. The van der Waals surface area contributed by atoms with Gasteiger partial charge in [0.05, 0.1) is 23.4 Å². The van der Waals surface area contributed by atoms with Crippen molar-refractivity contribution in [3.05, 3.63) is 42.6 Å². The SMILES string of the molecule is CCOc1ccc(S(=O)(=O)Nc2ccc(NC3CCCC3)nc2)cc1. The molecule has 0 saturated heterocycles. The quantitative estimate of drug-likeness (QED) is 0.787. The maximum absolute atomic E-state index is 12.4. The maximum Gasteiger partial charge on any atom is 0.261 e. The number of nitrogens with one attached hydrogen (secondary N) is 2. The fourth-order valence-electron chi connectivity index (χ4n) is 2.91. The summed E-state index contributed by atoms with van der Waals surface area (Å²) in [7, 11) is -3.65. The summed E-state index contributed by atoms with van der Waals surface area (Å²) in [5.41, 5.74) is 0.436. The Hall–Kier alpha value is -2.28. The van der Waals surface area contributed by atoms with Gasteiger partial charge in [0.25, 0.3) is 10.0 Å². The van der Waals surface area contributed by atoms with Crippen molar-refractivity contribution in [2.45, 2.75) is 43.5 Å². The second-order valence-corrected chi connectivity index (χ2v) is 7.75. The molecule has 134 valence electrons. The summed E-state index contributed by atoms with van der Waals surface area (Å²) in [6, 6.07) is 10.3. The van der Waals surface area contributed by atoms with Crippen molar-refractivity contribution in [2.75, 3.05) is 16.6 Å². The molecule has 2 aromatic rings. The summed E-state index contributed by atoms with van der Waals surface area (Å²) in [6.45, 7) is 2.42. The largest absolute Gasteiger partial charge is 0.494 e. The van der Waals surface area contributed by atoms with Gasteiger partial charge in [0, 0.05) is 6.04 Å². The average molecular weight is 361 g/mol. The smallest absolute Gasteiger partial charge is 0.261 e. The van der Waals surface area contributed by atoms with Crippen LogP contribution in [0.2, 0.25) is 0 Å². The highest BCUT2D eigenvalue weighted by Crippen LogP contribution is 2.23. The summed E-state index contributed by atoms with van der Waals surface area (Å²) in [6.07, 6.45) is 6.35. The molecule has 1 aliphatic carbocycles. The zero-order chi connectivity index (χ0) is 17.7. The van der Waals surface area contributed by atoms with E-state index in [2.05, 4.69) is 15.0 Å². The van der Waals surface area contributed by atoms with Crippen molar-refractivity contribution < 1.29 is 13.2 Å². The Kier molecular flexibility index (Phi) is 5.43. The van der Waals surface area contributed by atoms with Crippen molar-refractivity contribution >= 4 is 21.5 Å². The standard InChI is InChI=1S/C18H23N3O3S/c1-2-24-16-8-10-17(11-9-16)25(22,23)21-15-7-12-18(19-13-15)20-14-5-3-4-6-14/h7-14,21H,2-6H2,1H3,(H,19,20). The van der Waals surface area contributed by atoms with Crippen LogP contribution in [0.3, 0.4) is 0 Å². The normalized spacial score (nSPS) is 15.1. The topological polar surface area (TPSA) is 80.3 Å². The van der Waals surface area contributed by atoms with Crippen molar-refractivity contribution in [1.82, 2.24) is 4.98 Å². The minimum Gasteiger partial charge on any atom is -0.494 e. The molecule has 0 spiro atoms. The Morgan fingerprint density at radius 2 is 1.84 bits per heavy atom. The van der Waals surface area contributed by atoms with E-state index in [-0.39, 0.29) is 4.90 Å². The van der Waals surface area contributed by atoms with Crippen LogP contribution >= 0.6 is 0 Å². The highest BCUT2D eigenvalue weighted by atomic mass is 32.2. The molecule has 0 bridgehead atoms. The van der Waals surface area contributed by atoms with E-state index < -0.39 is 10.0 Å². The highest BCUT2D eigenvalue weighted by Gasteiger charge is 2.16. The van der Waals surface area contributed by atoms with Crippen LogP contribution in [-0.4, -0.2) is 26.1 Å². The molecule has 0 aliphatic heterocycles. The molecule has 1 saturated carbocycles. The second kappa shape index (κ2) is 7.74. The first-order chi connectivity index (χ1) is 12.1. The average Bonchev–Trinajstić information content (AvgIpc) is 3.10. The van der Waals surface area contributed by atoms with Gasteiger partial charge in [-0.3, -0.25) is 4.72 Å². The van der Waals surface area contributed by atoms with Crippen LogP contribution in [0.4, 0.5) is 11.5 Å². The maximum atomic E-state index is 12.4. The van der Waals surface area contributed by atoms with Gasteiger partial charge in [-0.15, -0.1) is 0 Å². The molecular weight excluding hydrogens is 338 g/mol. The predicted molar refractivity (Wildman–Crippen MR) is 98.5 cm³/mol. The minimum atomic E-state index is -3.65. The number of hydrogen-bond acceptors (Lipinski definition) is 5. The molecule has 7 heteroatoms. The van der Waals surface area contributed by atoms with Gasteiger partial charge in [0.15, 0.2) is 0 Å². The lowest BCUT2D eigenvalue weighted by molar-refractivity contribution is 0.340. The number of anilines is 2. The molecule has 1 heterocycles. The van der Waals surface area contributed by atoms with Crippen LogP contribution < -0.4 is 14.8 Å². The van der Waals surface area contributed by atoms with E-state index in [0.29, 0.717) is 24.1 Å². The molecule has 1 aromatic heterocycles. The molecule has 0 radical (unpaired) electrons. The fraction of sp³-hybridized carbons (Fsp3) is 0.389. The van der Waals surface area contributed by atoms with E-state index in [4.69, 9.17) is 4.74 Å². The molecule has 0 unspecified atom stereocenters. The Labute approximate surface area is 148 Å².